The smallest absolute Gasteiger partial charge is 0.233 e. The molecule has 0 spiro atoms. The van der Waals surface area contributed by atoms with Crippen molar-refractivity contribution >= 4 is 0 Å². The van der Waals surface area contributed by atoms with Gasteiger partial charge in [0.1, 0.15) is 6.61 Å². The summed E-state index contributed by atoms with van der Waals surface area (Å²) in [6.45, 7) is 3.56. The van der Waals surface area contributed by atoms with Crippen LogP contribution in [0.25, 0.3) is 0 Å². The van der Waals surface area contributed by atoms with E-state index in [1.165, 1.54) is 24.1 Å². The maximum atomic E-state index is 5.79. The second-order valence-corrected chi connectivity index (χ2v) is 5.73. The fraction of sp³-hybridized carbons (Fsp3) is 0.500. The van der Waals surface area contributed by atoms with Gasteiger partial charge >= 0.3 is 0 Å². The van der Waals surface area contributed by atoms with Crippen LogP contribution in [0.3, 0.4) is 0 Å². The van der Waals surface area contributed by atoms with Crippen molar-refractivity contribution in [2.45, 2.75) is 39.8 Å². The van der Waals surface area contributed by atoms with Crippen molar-refractivity contribution in [3.63, 3.8) is 0 Å². The highest BCUT2D eigenvalue weighted by atomic mass is 16.5. The molecule has 22 heavy (non-hydrogen) atoms. The molecule has 0 saturated carbocycles. The van der Waals surface area contributed by atoms with Crippen LogP contribution >= 0.6 is 0 Å². The quantitative estimate of drug-likeness (QED) is 0.819. The summed E-state index contributed by atoms with van der Waals surface area (Å²) in [7, 11) is 2.12. The first-order valence-corrected chi connectivity index (χ1v) is 7.73. The molecule has 2 heterocycles. The molecule has 3 rings (SSSR count). The van der Waals surface area contributed by atoms with Crippen LogP contribution in [-0.4, -0.2) is 34.9 Å². The van der Waals surface area contributed by atoms with Crippen LogP contribution in [0.4, 0.5) is 0 Å². The Labute approximate surface area is 133 Å². The number of hydrogen-bond acceptors (Lipinski definition) is 3. The van der Waals surface area contributed by atoms with Gasteiger partial charge in [0.15, 0.2) is 0 Å². The molecule has 0 saturated heterocycles. The molecule has 1 aliphatic rings. The molecule has 1 aromatic heterocycles. The van der Waals surface area contributed by atoms with Gasteiger partial charge in [0.25, 0.3) is 0 Å². The molecule has 0 unspecified atom stereocenters. The van der Waals surface area contributed by atoms with Gasteiger partial charge in [-0.25, -0.2) is 0 Å². The highest BCUT2D eigenvalue weighted by Gasteiger charge is 2.12. The number of likely N-dealkylation sites (N-methyl/N-ethyl adjacent to an activating group) is 1. The van der Waals surface area contributed by atoms with Gasteiger partial charge in [0.05, 0.1) is 0 Å². The van der Waals surface area contributed by atoms with E-state index in [0.29, 0.717) is 6.61 Å². The van der Waals surface area contributed by atoms with Gasteiger partial charge in [-0.2, -0.15) is 0 Å². The molecule has 4 nitrogen and oxygen atoms in total. The fourth-order valence-corrected chi connectivity index (χ4v) is 2.74. The summed E-state index contributed by atoms with van der Waals surface area (Å²) in [4.78, 5) is 2.27. The molecule has 2 aromatic rings. The predicted octanol–water partition coefficient (Wildman–Crippen LogP) is 3.37. The first-order valence-electron chi connectivity index (χ1n) is 7.73. The molecule has 1 aromatic carbocycles. The van der Waals surface area contributed by atoms with Crippen molar-refractivity contribution in [1.82, 2.24) is 14.7 Å². The summed E-state index contributed by atoms with van der Waals surface area (Å²) in [5, 5.41) is 4.51. The van der Waals surface area contributed by atoms with E-state index in [2.05, 4.69) is 52.1 Å². The van der Waals surface area contributed by atoms with E-state index in [-0.39, 0.29) is 7.43 Å². The summed E-state index contributed by atoms with van der Waals surface area (Å²) in [5.41, 5.74) is 2.64. The van der Waals surface area contributed by atoms with Crippen molar-refractivity contribution in [3.05, 3.63) is 47.7 Å². The normalized spacial score (nSPS) is 13.5. The third-order valence-corrected chi connectivity index (χ3v) is 3.91. The topological polar surface area (TPSA) is 30.3 Å². The lowest BCUT2D eigenvalue weighted by Crippen LogP contribution is -2.23. The zero-order valence-corrected chi connectivity index (χ0v) is 12.7. The summed E-state index contributed by atoms with van der Waals surface area (Å²) in [6, 6.07) is 12.6. The average molecular weight is 301 g/mol. The lowest BCUT2D eigenvalue weighted by Gasteiger charge is -2.16. The Bertz CT molecular complexity index is 541. The largest absolute Gasteiger partial charge is 0.475 e. The Morgan fingerprint density at radius 2 is 2.05 bits per heavy atom. The summed E-state index contributed by atoms with van der Waals surface area (Å²) in [5.74, 6) is 0.778. The summed E-state index contributed by atoms with van der Waals surface area (Å²) < 4.78 is 7.88. The Hall–Kier alpha value is -1.81. The minimum absolute atomic E-state index is 0. The lowest BCUT2D eigenvalue weighted by molar-refractivity contribution is 0.225. The zero-order chi connectivity index (χ0) is 14.5. The third-order valence-electron chi connectivity index (χ3n) is 3.91. The maximum absolute atomic E-state index is 5.79. The van der Waals surface area contributed by atoms with Crippen LogP contribution in [0, 0.1) is 0 Å². The SMILES string of the molecule is C.CN(CCOc1cc2n(n1)CCCC2)Cc1ccccc1. The minimum atomic E-state index is 0. The Kier molecular flexibility index (Phi) is 6.01. The van der Waals surface area contributed by atoms with E-state index in [1.54, 1.807) is 0 Å². The van der Waals surface area contributed by atoms with E-state index in [0.717, 1.165) is 31.9 Å². The minimum Gasteiger partial charge on any atom is -0.475 e. The van der Waals surface area contributed by atoms with Crippen molar-refractivity contribution in [1.29, 1.82) is 0 Å². The van der Waals surface area contributed by atoms with Crippen molar-refractivity contribution in [2.24, 2.45) is 0 Å². The molecule has 1 aliphatic heterocycles. The predicted molar refractivity (Wildman–Crippen MR) is 90.2 cm³/mol. The second-order valence-electron chi connectivity index (χ2n) is 5.73. The first kappa shape index (κ1) is 16.6. The number of rotatable bonds is 6. The van der Waals surface area contributed by atoms with E-state index in [1.807, 2.05) is 6.07 Å². The highest BCUT2D eigenvalue weighted by Crippen LogP contribution is 2.19. The molecule has 0 atom stereocenters. The van der Waals surface area contributed by atoms with Crippen molar-refractivity contribution < 1.29 is 4.74 Å². The molecule has 0 radical (unpaired) electrons. The summed E-state index contributed by atoms with van der Waals surface area (Å²) >= 11 is 0. The molecule has 120 valence electrons. The first-order chi connectivity index (χ1) is 10.3. The van der Waals surface area contributed by atoms with Crippen LogP contribution in [0.1, 0.15) is 31.5 Å². The van der Waals surface area contributed by atoms with Gasteiger partial charge in [-0.15, -0.1) is 5.10 Å². The molecule has 0 N–H and O–H groups in total. The number of benzene rings is 1. The monoisotopic (exact) mass is 301 g/mol. The number of aryl methyl sites for hydroxylation is 2. The summed E-state index contributed by atoms with van der Waals surface area (Å²) in [6.07, 6.45) is 3.63. The van der Waals surface area contributed by atoms with Crippen LogP contribution in [0.15, 0.2) is 36.4 Å². The lowest BCUT2D eigenvalue weighted by atomic mass is 10.1. The molecular formula is C18H27N3O. The second kappa shape index (κ2) is 7.99. The number of aromatic nitrogens is 2. The van der Waals surface area contributed by atoms with Gasteiger partial charge in [0.2, 0.25) is 5.88 Å². The molecule has 0 amide bonds. The number of hydrogen-bond donors (Lipinski definition) is 0. The van der Waals surface area contributed by atoms with E-state index in [9.17, 15) is 0 Å². The van der Waals surface area contributed by atoms with E-state index in [4.69, 9.17) is 4.74 Å². The van der Waals surface area contributed by atoms with E-state index < -0.39 is 0 Å². The van der Waals surface area contributed by atoms with Gasteiger partial charge in [-0.1, -0.05) is 37.8 Å². The van der Waals surface area contributed by atoms with Gasteiger partial charge in [-0.3, -0.25) is 9.58 Å². The molecule has 0 aliphatic carbocycles. The van der Waals surface area contributed by atoms with Crippen LogP contribution in [0.2, 0.25) is 0 Å². The molecule has 4 heteroatoms. The number of ether oxygens (including phenoxy) is 1. The van der Waals surface area contributed by atoms with Gasteiger partial charge in [0, 0.05) is 31.4 Å². The van der Waals surface area contributed by atoms with Crippen LogP contribution in [-0.2, 0) is 19.5 Å². The number of nitrogens with zero attached hydrogens (tertiary/aromatic N) is 3. The van der Waals surface area contributed by atoms with Crippen LogP contribution < -0.4 is 4.74 Å². The average Bonchev–Trinajstić information content (AvgIpc) is 2.91. The highest BCUT2D eigenvalue weighted by molar-refractivity contribution is 5.17. The zero-order valence-electron chi connectivity index (χ0n) is 12.7. The van der Waals surface area contributed by atoms with Gasteiger partial charge in [-0.05, 0) is 31.9 Å². The maximum Gasteiger partial charge on any atom is 0.233 e. The van der Waals surface area contributed by atoms with Crippen molar-refractivity contribution in [2.75, 3.05) is 20.2 Å². The third kappa shape index (κ3) is 4.34. The Balaban J connectivity index is 0.00000176. The van der Waals surface area contributed by atoms with Crippen LogP contribution in [0.5, 0.6) is 5.88 Å². The Morgan fingerprint density at radius 3 is 2.82 bits per heavy atom. The molecule has 0 fully saturated rings. The van der Waals surface area contributed by atoms with Crippen molar-refractivity contribution in [3.8, 4) is 5.88 Å². The van der Waals surface area contributed by atoms with E-state index >= 15 is 0 Å². The standard InChI is InChI=1S/C17H23N3O.CH4/c1-19(14-15-7-3-2-4-8-15)11-12-21-17-13-16-9-5-6-10-20(16)18-17;/h2-4,7-8,13H,5-6,9-12,14H2,1H3;1H4. The van der Waals surface area contributed by atoms with Gasteiger partial charge < -0.3 is 4.74 Å². The molecular weight excluding hydrogens is 274 g/mol. The fourth-order valence-electron chi connectivity index (χ4n) is 2.74. The Morgan fingerprint density at radius 1 is 1.23 bits per heavy atom. The number of fused-ring (bicyclic) bond motifs is 1. The molecule has 0 bridgehead atoms.